The van der Waals surface area contributed by atoms with E-state index in [-0.39, 0.29) is 11.8 Å². The van der Waals surface area contributed by atoms with Crippen molar-refractivity contribution in [1.29, 1.82) is 0 Å². The molecule has 0 spiro atoms. The summed E-state index contributed by atoms with van der Waals surface area (Å²) < 4.78 is 28.8. The molecule has 1 atom stereocenters. The molecule has 1 aliphatic carbocycles. The maximum Gasteiger partial charge on any atom is 0.185 e. The maximum atomic E-state index is 11.9. The Bertz CT molecular complexity index is 987. The minimum atomic E-state index is -2.88. The van der Waals surface area contributed by atoms with Gasteiger partial charge in [-0.3, -0.25) is 9.47 Å². The van der Waals surface area contributed by atoms with Gasteiger partial charge in [-0.15, -0.1) is 0 Å². The fraction of sp³-hybridized carbons (Fsp3) is 0.550. The molecule has 0 bridgehead atoms. The van der Waals surface area contributed by atoms with Crippen molar-refractivity contribution in [2.24, 2.45) is 0 Å². The van der Waals surface area contributed by atoms with Gasteiger partial charge in [0.05, 0.1) is 23.9 Å². The van der Waals surface area contributed by atoms with Crippen molar-refractivity contribution in [1.82, 2.24) is 14.0 Å². The first-order valence-corrected chi connectivity index (χ1v) is 11.9. The van der Waals surface area contributed by atoms with Crippen LogP contribution in [-0.4, -0.2) is 46.0 Å². The topological polar surface area (TPSA) is 47.2 Å². The SMILES string of the molecule is CC(C)c1ccccc1-n1ccn(CN(C2CC2)[C@@H]2CCS(=O)(=O)C2)c1=S. The molecule has 146 valence electrons. The molecule has 1 aliphatic heterocycles. The van der Waals surface area contributed by atoms with E-state index in [4.69, 9.17) is 12.2 Å². The smallest absolute Gasteiger partial charge is 0.185 e. The van der Waals surface area contributed by atoms with Crippen LogP contribution in [0.1, 0.15) is 44.6 Å². The Morgan fingerprint density at radius 2 is 1.89 bits per heavy atom. The van der Waals surface area contributed by atoms with Gasteiger partial charge in [0.25, 0.3) is 0 Å². The van der Waals surface area contributed by atoms with Crippen LogP contribution in [0, 0.1) is 4.77 Å². The van der Waals surface area contributed by atoms with E-state index in [1.807, 2.05) is 18.5 Å². The first-order valence-electron chi connectivity index (χ1n) is 9.69. The molecule has 2 aromatic rings. The molecule has 1 saturated heterocycles. The number of hydrogen-bond acceptors (Lipinski definition) is 4. The van der Waals surface area contributed by atoms with Crippen molar-refractivity contribution in [3.05, 3.63) is 47.0 Å². The highest BCUT2D eigenvalue weighted by Gasteiger charge is 2.39. The second kappa shape index (κ2) is 7.18. The highest BCUT2D eigenvalue weighted by atomic mass is 32.2. The van der Waals surface area contributed by atoms with Crippen molar-refractivity contribution in [2.45, 2.75) is 57.8 Å². The largest absolute Gasteiger partial charge is 0.310 e. The third-order valence-corrected chi connectivity index (χ3v) is 7.86. The van der Waals surface area contributed by atoms with Crippen molar-refractivity contribution in [2.75, 3.05) is 11.5 Å². The summed E-state index contributed by atoms with van der Waals surface area (Å²) in [6, 6.07) is 8.98. The van der Waals surface area contributed by atoms with E-state index in [1.165, 1.54) is 5.56 Å². The monoisotopic (exact) mass is 405 g/mol. The van der Waals surface area contributed by atoms with Crippen LogP contribution >= 0.6 is 12.2 Å². The van der Waals surface area contributed by atoms with Gasteiger partial charge < -0.3 is 4.57 Å². The summed E-state index contributed by atoms with van der Waals surface area (Å²) in [7, 11) is -2.88. The second-order valence-electron chi connectivity index (χ2n) is 8.08. The molecule has 1 saturated carbocycles. The standard InChI is InChI=1S/C20H27N3O2S2/c1-15(2)18-5-3-4-6-19(18)22-11-10-21(20(22)26)14-23(16-7-8-16)17-9-12-27(24,25)13-17/h3-6,10-11,15-17H,7-9,12-14H2,1-2H3/t17-/m1/s1. The molecule has 2 fully saturated rings. The van der Waals surface area contributed by atoms with Gasteiger partial charge in [-0.2, -0.15) is 0 Å². The number of benzene rings is 1. The van der Waals surface area contributed by atoms with Crippen LogP contribution in [0.5, 0.6) is 0 Å². The first kappa shape index (κ1) is 18.9. The molecule has 1 aromatic carbocycles. The zero-order chi connectivity index (χ0) is 19.2. The summed E-state index contributed by atoms with van der Waals surface area (Å²) in [5.41, 5.74) is 2.39. The number of sulfone groups is 1. The molecule has 0 unspecified atom stereocenters. The zero-order valence-corrected chi connectivity index (χ0v) is 17.5. The van der Waals surface area contributed by atoms with E-state index in [2.05, 4.69) is 46.1 Å². The third kappa shape index (κ3) is 3.91. The summed E-state index contributed by atoms with van der Waals surface area (Å²) in [5, 5.41) is 0. The lowest BCUT2D eigenvalue weighted by atomic mass is 10.0. The summed E-state index contributed by atoms with van der Waals surface area (Å²) in [6.45, 7) is 5.05. The summed E-state index contributed by atoms with van der Waals surface area (Å²) in [5.74, 6) is 1.01. The number of imidazole rings is 1. The molecule has 2 aliphatic rings. The van der Waals surface area contributed by atoms with Crippen molar-refractivity contribution in [3.8, 4) is 5.69 Å². The lowest BCUT2D eigenvalue weighted by Crippen LogP contribution is -2.39. The van der Waals surface area contributed by atoms with Crippen LogP contribution in [0.2, 0.25) is 0 Å². The predicted octanol–water partition coefficient (Wildman–Crippen LogP) is 3.74. The number of hydrogen-bond donors (Lipinski definition) is 0. The molecule has 4 rings (SSSR count). The van der Waals surface area contributed by atoms with E-state index in [1.54, 1.807) is 0 Å². The Balaban J connectivity index is 1.62. The number of aromatic nitrogens is 2. The Morgan fingerprint density at radius 3 is 2.52 bits per heavy atom. The molecule has 5 nitrogen and oxygen atoms in total. The summed E-state index contributed by atoms with van der Waals surface area (Å²) in [6.07, 6.45) is 7.10. The quantitative estimate of drug-likeness (QED) is 0.687. The Labute approximate surface area is 166 Å². The lowest BCUT2D eigenvalue weighted by molar-refractivity contribution is 0.153. The molecule has 2 heterocycles. The average Bonchev–Trinajstić information content (AvgIpc) is 3.32. The van der Waals surface area contributed by atoms with E-state index >= 15 is 0 Å². The van der Waals surface area contributed by atoms with Crippen molar-refractivity contribution in [3.63, 3.8) is 0 Å². The minimum absolute atomic E-state index is 0.121. The predicted molar refractivity (Wildman–Crippen MR) is 111 cm³/mol. The highest BCUT2D eigenvalue weighted by molar-refractivity contribution is 7.91. The number of nitrogens with zero attached hydrogens (tertiary/aromatic N) is 3. The van der Waals surface area contributed by atoms with Gasteiger partial charge in [0, 0.05) is 24.5 Å². The minimum Gasteiger partial charge on any atom is -0.310 e. The molecule has 7 heteroatoms. The van der Waals surface area contributed by atoms with Crippen molar-refractivity contribution < 1.29 is 8.42 Å². The fourth-order valence-electron chi connectivity index (χ4n) is 4.05. The molecule has 0 N–H and O–H groups in total. The van der Waals surface area contributed by atoms with Gasteiger partial charge in [-0.05, 0) is 49.0 Å². The normalized spacial score (nSPS) is 22.0. The van der Waals surface area contributed by atoms with Gasteiger partial charge in [0.15, 0.2) is 14.6 Å². The Hall–Kier alpha value is -1.44. The van der Waals surface area contributed by atoms with Crippen LogP contribution < -0.4 is 0 Å². The average molecular weight is 406 g/mol. The molecular formula is C20H27N3O2S2. The fourth-order valence-corrected chi connectivity index (χ4v) is 6.07. The Morgan fingerprint density at radius 1 is 1.15 bits per heavy atom. The molecule has 0 radical (unpaired) electrons. The molecule has 0 amide bonds. The van der Waals surface area contributed by atoms with Crippen LogP contribution in [-0.2, 0) is 16.5 Å². The van der Waals surface area contributed by atoms with E-state index in [0.29, 0.717) is 24.4 Å². The number of para-hydroxylation sites is 1. The van der Waals surface area contributed by atoms with E-state index in [9.17, 15) is 8.42 Å². The summed E-state index contributed by atoms with van der Waals surface area (Å²) >= 11 is 5.78. The van der Waals surface area contributed by atoms with E-state index < -0.39 is 9.84 Å². The zero-order valence-electron chi connectivity index (χ0n) is 15.9. The second-order valence-corrected chi connectivity index (χ2v) is 10.7. The van der Waals surface area contributed by atoms with Crippen molar-refractivity contribution >= 4 is 22.1 Å². The van der Waals surface area contributed by atoms with Crippen LogP contribution in [0.15, 0.2) is 36.7 Å². The molecule has 1 aromatic heterocycles. The lowest BCUT2D eigenvalue weighted by Gasteiger charge is -2.28. The van der Waals surface area contributed by atoms with Gasteiger partial charge in [0.2, 0.25) is 0 Å². The number of rotatable bonds is 6. The van der Waals surface area contributed by atoms with Gasteiger partial charge in [-0.1, -0.05) is 32.0 Å². The van der Waals surface area contributed by atoms with Crippen LogP contribution in [0.25, 0.3) is 5.69 Å². The van der Waals surface area contributed by atoms with E-state index in [0.717, 1.165) is 29.7 Å². The third-order valence-electron chi connectivity index (χ3n) is 5.67. The Kier molecular flexibility index (Phi) is 5.03. The van der Waals surface area contributed by atoms with Gasteiger partial charge in [-0.25, -0.2) is 8.42 Å². The van der Waals surface area contributed by atoms with Gasteiger partial charge in [0.1, 0.15) is 0 Å². The molecule has 27 heavy (non-hydrogen) atoms. The summed E-state index contributed by atoms with van der Waals surface area (Å²) in [4.78, 5) is 2.36. The maximum absolute atomic E-state index is 11.9. The first-order chi connectivity index (χ1) is 12.9. The van der Waals surface area contributed by atoms with Crippen LogP contribution in [0.3, 0.4) is 0 Å². The molecular weight excluding hydrogens is 378 g/mol. The van der Waals surface area contributed by atoms with Gasteiger partial charge >= 0.3 is 0 Å². The van der Waals surface area contributed by atoms with Crippen LogP contribution in [0.4, 0.5) is 0 Å². The highest BCUT2D eigenvalue weighted by Crippen LogP contribution is 2.33.